The van der Waals surface area contributed by atoms with Gasteiger partial charge in [0.1, 0.15) is 12.4 Å². The Morgan fingerprint density at radius 2 is 1.85 bits per heavy atom. The SMILES string of the molecule is NCCOc1ccc(CC(=O)NCCCc2ccc(Cl)c(Cl)c2)cc1N. The van der Waals surface area contributed by atoms with E-state index in [1.54, 1.807) is 18.2 Å². The van der Waals surface area contributed by atoms with Crippen molar-refractivity contribution < 1.29 is 9.53 Å². The fourth-order valence-electron chi connectivity index (χ4n) is 2.47. The Kier molecular flexibility index (Phi) is 8.04. The van der Waals surface area contributed by atoms with Crippen LogP contribution in [0.1, 0.15) is 17.5 Å². The van der Waals surface area contributed by atoms with E-state index in [1.807, 2.05) is 18.2 Å². The molecule has 0 radical (unpaired) electrons. The van der Waals surface area contributed by atoms with E-state index in [2.05, 4.69) is 5.32 Å². The minimum absolute atomic E-state index is 0.0471. The molecule has 0 atom stereocenters. The van der Waals surface area contributed by atoms with Crippen molar-refractivity contribution in [3.8, 4) is 5.75 Å². The quantitative estimate of drug-likeness (QED) is 0.449. The molecule has 0 aliphatic heterocycles. The van der Waals surface area contributed by atoms with Crippen molar-refractivity contribution in [2.75, 3.05) is 25.4 Å². The number of nitrogens with one attached hydrogen (secondary N) is 1. The van der Waals surface area contributed by atoms with Gasteiger partial charge in [-0.1, -0.05) is 35.3 Å². The molecule has 7 heteroatoms. The zero-order valence-corrected chi connectivity index (χ0v) is 15.9. The topological polar surface area (TPSA) is 90.4 Å². The number of nitrogens with two attached hydrogens (primary N) is 2. The molecule has 0 aliphatic rings. The molecule has 0 spiro atoms. The maximum atomic E-state index is 12.1. The number of ether oxygens (including phenoxy) is 1. The second-order valence-corrected chi connectivity index (χ2v) is 6.70. The predicted octanol–water partition coefficient (Wildman–Crippen LogP) is 3.20. The molecular formula is C19H23Cl2N3O2. The maximum absolute atomic E-state index is 12.1. The van der Waals surface area contributed by atoms with Crippen LogP contribution in [0.5, 0.6) is 5.75 Å². The summed E-state index contributed by atoms with van der Waals surface area (Å²) >= 11 is 11.9. The first-order chi connectivity index (χ1) is 12.5. The van der Waals surface area contributed by atoms with E-state index >= 15 is 0 Å². The highest BCUT2D eigenvalue weighted by Crippen LogP contribution is 2.23. The molecule has 26 heavy (non-hydrogen) atoms. The molecule has 0 heterocycles. The molecule has 0 bridgehead atoms. The van der Waals surface area contributed by atoms with Crippen molar-refractivity contribution >= 4 is 34.8 Å². The minimum atomic E-state index is -0.0471. The Hall–Kier alpha value is -1.95. The van der Waals surface area contributed by atoms with Crippen molar-refractivity contribution in [3.05, 3.63) is 57.6 Å². The van der Waals surface area contributed by atoms with Crippen LogP contribution in [0.3, 0.4) is 0 Å². The summed E-state index contributed by atoms with van der Waals surface area (Å²) in [5.41, 5.74) is 13.8. The van der Waals surface area contributed by atoms with Gasteiger partial charge < -0.3 is 21.5 Å². The van der Waals surface area contributed by atoms with Crippen LogP contribution >= 0.6 is 23.2 Å². The summed E-state index contributed by atoms with van der Waals surface area (Å²) in [5, 5.41) is 4.00. The van der Waals surface area contributed by atoms with Gasteiger partial charge in [0.15, 0.2) is 0 Å². The molecule has 0 saturated heterocycles. The first kappa shape index (κ1) is 20.4. The predicted molar refractivity (Wildman–Crippen MR) is 107 cm³/mol. The summed E-state index contributed by atoms with van der Waals surface area (Å²) in [6.07, 6.45) is 1.91. The standard InChI is InChI=1S/C19H23Cl2N3O2/c20-15-5-3-13(10-16(15)21)2-1-8-24-19(25)12-14-4-6-18(17(23)11-14)26-9-7-22/h3-6,10-11H,1-2,7-9,12,22-23H2,(H,24,25). The first-order valence-electron chi connectivity index (χ1n) is 8.41. The largest absolute Gasteiger partial charge is 0.490 e. The van der Waals surface area contributed by atoms with Gasteiger partial charge in [0.05, 0.1) is 22.2 Å². The molecule has 2 aromatic carbocycles. The van der Waals surface area contributed by atoms with Gasteiger partial charge in [-0.3, -0.25) is 4.79 Å². The Balaban J connectivity index is 1.74. The van der Waals surface area contributed by atoms with Gasteiger partial charge in [-0.25, -0.2) is 0 Å². The molecule has 2 rings (SSSR count). The Morgan fingerprint density at radius 1 is 1.08 bits per heavy atom. The fraction of sp³-hybridized carbons (Fsp3) is 0.316. The molecule has 140 valence electrons. The van der Waals surface area contributed by atoms with Crippen LogP contribution in [0.4, 0.5) is 5.69 Å². The van der Waals surface area contributed by atoms with Gasteiger partial charge in [-0.05, 0) is 48.2 Å². The van der Waals surface area contributed by atoms with Crippen molar-refractivity contribution in [1.82, 2.24) is 5.32 Å². The lowest BCUT2D eigenvalue weighted by molar-refractivity contribution is -0.120. The zero-order chi connectivity index (χ0) is 18.9. The first-order valence-corrected chi connectivity index (χ1v) is 9.17. The van der Waals surface area contributed by atoms with E-state index < -0.39 is 0 Å². The molecule has 5 N–H and O–H groups in total. The number of aryl methyl sites for hydroxylation is 1. The van der Waals surface area contributed by atoms with E-state index in [0.717, 1.165) is 24.0 Å². The van der Waals surface area contributed by atoms with Crippen LogP contribution in [0.15, 0.2) is 36.4 Å². The third-order valence-corrected chi connectivity index (χ3v) is 4.50. The Labute approximate surface area is 163 Å². The molecular weight excluding hydrogens is 373 g/mol. The van der Waals surface area contributed by atoms with Crippen molar-refractivity contribution in [1.29, 1.82) is 0 Å². The summed E-state index contributed by atoms with van der Waals surface area (Å²) in [5.74, 6) is 0.537. The Bertz CT molecular complexity index is 754. The highest BCUT2D eigenvalue weighted by Gasteiger charge is 2.07. The highest BCUT2D eigenvalue weighted by atomic mass is 35.5. The van der Waals surface area contributed by atoms with Gasteiger partial charge in [-0.2, -0.15) is 0 Å². The van der Waals surface area contributed by atoms with Gasteiger partial charge in [0.2, 0.25) is 5.91 Å². The summed E-state index contributed by atoms with van der Waals surface area (Å²) in [6.45, 7) is 1.42. The van der Waals surface area contributed by atoms with Crippen LogP contribution in [-0.4, -0.2) is 25.6 Å². The second-order valence-electron chi connectivity index (χ2n) is 5.89. The molecule has 1 amide bonds. The smallest absolute Gasteiger partial charge is 0.224 e. The van der Waals surface area contributed by atoms with Gasteiger partial charge in [-0.15, -0.1) is 0 Å². The number of carbonyl (C=O) groups excluding carboxylic acids is 1. The number of hydrogen-bond acceptors (Lipinski definition) is 4. The second kappa shape index (κ2) is 10.3. The van der Waals surface area contributed by atoms with Crippen LogP contribution in [0.2, 0.25) is 10.0 Å². The number of halogens is 2. The van der Waals surface area contributed by atoms with E-state index in [4.69, 9.17) is 39.4 Å². The van der Waals surface area contributed by atoms with Gasteiger partial charge in [0, 0.05) is 13.1 Å². The van der Waals surface area contributed by atoms with E-state index in [1.165, 1.54) is 0 Å². The summed E-state index contributed by atoms with van der Waals surface area (Å²) in [7, 11) is 0. The molecule has 0 unspecified atom stereocenters. The van der Waals surface area contributed by atoms with E-state index in [9.17, 15) is 4.79 Å². The highest BCUT2D eigenvalue weighted by molar-refractivity contribution is 6.42. The molecule has 0 aromatic heterocycles. The summed E-state index contributed by atoms with van der Waals surface area (Å²) in [4.78, 5) is 12.1. The monoisotopic (exact) mass is 395 g/mol. The van der Waals surface area contributed by atoms with Gasteiger partial charge >= 0.3 is 0 Å². The average molecular weight is 396 g/mol. The number of rotatable bonds is 9. The minimum Gasteiger partial charge on any atom is -0.490 e. The number of anilines is 1. The third kappa shape index (κ3) is 6.41. The van der Waals surface area contributed by atoms with Crippen molar-refractivity contribution in [2.45, 2.75) is 19.3 Å². The zero-order valence-electron chi connectivity index (χ0n) is 14.4. The van der Waals surface area contributed by atoms with Crippen LogP contribution < -0.4 is 21.5 Å². The lowest BCUT2D eigenvalue weighted by Gasteiger charge is -2.10. The molecule has 0 fully saturated rings. The lowest BCUT2D eigenvalue weighted by Crippen LogP contribution is -2.26. The third-order valence-electron chi connectivity index (χ3n) is 3.76. The number of hydrogen-bond donors (Lipinski definition) is 3. The maximum Gasteiger partial charge on any atom is 0.224 e. The van der Waals surface area contributed by atoms with Gasteiger partial charge in [0.25, 0.3) is 0 Å². The van der Waals surface area contributed by atoms with Crippen molar-refractivity contribution in [2.24, 2.45) is 5.73 Å². The summed E-state index contributed by atoms with van der Waals surface area (Å²) in [6, 6.07) is 10.9. The van der Waals surface area contributed by atoms with E-state index in [-0.39, 0.29) is 12.3 Å². The number of amides is 1. The molecule has 2 aromatic rings. The van der Waals surface area contributed by atoms with Crippen LogP contribution in [-0.2, 0) is 17.6 Å². The number of carbonyl (C=O) groups is 1. The average Bonchev–Trinajstić information content (AvgIpc) is 2.61. The lowest BCUT2D eigenvalue weighted by atomic mass is 10.1. The van der Waals surface area contributed by atoms with Crippen LogP contribution in [0, 0.1) is 0 Å². The fourth-order valence-corrected chi connectivity index (χ4v) is 2.79. The van der Waals surface area contributed by atoms with Crippen LogP contribution in [0.25, 0.3) is 0 Å². The number of nitrogen functional groups attached to an aromatic ring is 1. The Morgan fingerprint density at radius 3 is 2.54 bits per heavy atom. The molecule has 0 aliphatic carbocycles. The van der Waals surface area contributed by atoms with Crippen molar-refractivity contribution in [3.63, 3.8) is 0 Å². The van der Waals surface area contributed by atoms with E-state index in [0.29, 0.717) is 41.2 Å². The summed E-state index contributed by atoms with van der Waals surface area (Å²) < 4.78 is 5.41. The molecule has 5 nitrogen and oxygen atoms in total. The number of benzene rings is 2. The normalized spacial score (nSPS) is 10.6. The molecule has 0 saturated carbocycles.